The summed E-state index contributed by atoms with van der Waals surface area (Å²) in [6.45, 7) is 7.75. The van der Waals surface area contributed by atoms with Gasteiger partial charge in [0.15, 0.2) is 0 Å². The van der Waals surface area contributed by atoms with E-state index in [0.29, 0.717) is 0 Å². The van der Waals surface area contributed by atoms with Crippen LogP contribution in [0.5, 0.6) is 0 Å². The van der Waals surface area contributed by atoms with Crippen LogP contribution in [-0.2, 0) is 0 Å². The first-order chi connectivity index (χ1) is 5.81. The van der Waals surface area contributed by atoms with Crippen molar-refractivity contribution in [2.45, 2.75) is 19.3 Å². The van der Waals surface area contributed by atoms with Gasteiger partial charge >= 0.3 is 0 Å². The molecule has 12 heavy (non-hydrogen) atoms. The van der Waals surface area contributed by atoms with Crippen LogP contribution in [0.4, 0.5) is 0 Å². The molecule has 0 spiro atoms. The Bertz CT molecular complexity index is 162. The first-order valence-corrected chi connectivity index (χ1v) is 5.75. The monoisotopic (exact) mass is 228 g/mol. The van der Waals surface area contributed by atoms with E-state index in [1.807, 2.05) is 0 Å². The molecule has 1 saturated carbocycles. The van der Waals surface area contributed by atoms with E-state index in [-0.39, 0.29) is 0 Å². The Morgan fingerprint density at radius 2 is 2.00 bits per heavy atom. The third kappa shape index (κ3) is 2.22. The Labute approximate surface area is 83.9 Å². The molecule has 3 atom stereocenters. The van der Waals surface area contributed by atoms with Crippen molar-refractivity contribution in [1.82, 2.24) is 0 Å². The molecule has 0 nitrogen and oxygen atoms in total. The van der Waals surface area contributed by atoms with Gasteiger partial charge in [-0.3, -0.25) is 0 Å². The molecule has 0 aromatic rings. The van der Waals surface area contributed by atoms with Crippen molar-refractivity contribution in [2.24, 2.45) is 17.8 Å². The standard InChI is InChI=1S/C11H17Br/c1-3-9-7-10(4-2)11(8-9)5-6-12/h3-4,9-11H,1-2,5-8H2. The summed E-state index contributed by atoms with van der Waals surface area (Å²) in [4.78, 5) is 0. The van der Waals surface area contributed by atoms with Crippen LogP contribution in [0, 0.1) is 17.8 Å². The number of alkyl halides is 1. The van der Waals surface area contributed by atoms with Gasteiger partial charge in [-0.15, -0.1) is 13.2 Å². The molecule has 0 aliphatic heterocycles. The summed E-state index contributed by atoms with van der Waals surface area (Å²) < 4.78 is 0. The highest BCUT2D eigenvalue weighted by atomic mass is 79.9. The molecule has 0 saturated heterocycles. The minimum Gasteiger partial charge on any atom is -0.103 e. The molecule has 3 unspecified atom stereocenters. The topological polar surface area (TPSA) is 0 Å². The van der Waals surface area contributed by atoms with Crippen LogP contribution in [0.3, 0.4) is 0 Å². The van der Waals surface area contributed by atoms with E-state index in [0.717, 1.165) is 23.1 Å². The summed E-state index contributed by atoms with van der Waals surface area (Å²) in [7, 11) is 0. The van der Waals surface area contributed by atoms with E-state index in [9.17, 15) is 0 Å². The average molecular weight is 229 g/mol. The number of rotatable bonds is 4. The Hall–Kier alpha value is -0.0400. The predicted molar refractivity (Wildman–Crippen MR) is 58.5 cm³/mol. The first-order valence-electron chi connectivity index (χ1n) is 4.62. The number of hydrogen-bond donors (Lipinski definition) is 0. The minimum absolute atomic E-state index is 0.727. The second-order valence-electron chi connectivity index (χ2n) is 3.60. The van der Waals surface area contributed by atoms with Crippen LogP contribution >= 0.6 is 15.9 Å². The van der Waals surface area contributed by atoms with Gasteiger partial charge in [0, 0.05) is 5.33 Å². The lowest BCUT2D eigenvalue weighted by Gasteiger charge is -2.13. The molecule has 1 heteroatoms. The van der Waals surface area contributed by atoms with Crippen LogP contribution in [0.1, 0.15) is 19.3 Å². The summed E-state index contributed by atoms with van der Waals surface area (Å²) in [6.07, 6.45) is 8.08. The molecule has 0 radical (unpaired) electrons. The maximum absolute atomic E-state index is 3.89. The summed E-state index contributed by atoms with van der Waals surface area (Å²) in [5.74, 6) is 2.30. The van der Waals surface area contributed by atoms with Crippen molar-refractivity contribution < 1.29 is 0 Å². The van der Waals surface area contributed by atoms with Crippen molar-refractivity contribution in [3.8, 4) is 0 Å². The van der Waals surface area contributed by atoms with E-state index >= 15 is 0 Å². The zero-order valence-electron chi connectivity index (χ0n) is 7.51. The van der Waals surface area contributed by atoms with Crippen LogP contribution in [0.25, 0.3) is 0 Å². The summed E-state index contributed by atoms with van der Waals surface area (Å²) >= 11 is 3.50. The quantitative estimate of drug-likeness (QED) is 0.508. The zero-order chi connectivity index (χ0) is 8.97. The maximum atomic E-state index is 3.89. The molecular weight excluding hydrogens is 212 g/mol. The lowest BCUT2D eigenvalue weighted by Crippen LogP contribution is -2.04. The highest BCUT2D eigenvalue weighted by molar-refractivity contribution is 9.09. The molecule has 0 aromatic carbocycles. The fourth-order valence-corrected chi connectivity index (χ4v) is 2.74. The van der Waals surface area contributed by atoms with E-state index in [4.69, 9.17) is 0 Å². The van der Waals surface area contributed by atoms with Gasteiger partial charge < -0.3 is 0 Å². The lowest BCUT2D eigenvalue weighted by molar-refractivity contribution is 0.448. The molecule has 0 heterocycles. The van der Waals surface area contributed by atoms with E-state index in [1.165, 1.54) is 19.3 Å². The third-order valence-corrected chi connectivity index (χ3v) is 3.36. The largest absolute Gasteiger partial charge is 0.103 e. The maximum Gasteiger partial charge on any atom is 0.00341 e. The zero-order valence-corrected chi connectivity index (χ0v) is 9.09. The Morgan fingerprint density at radius 1 is 1.25 bits per heavy atom. The van der Waals surface area contributed by atoms with Crippen molar-refractivity contribution in [3.05, 3.63) is 25.3 Å². The van der Waals surface area contributed by atoms with Gasteiger partial charge in [0.25, 0.3) is 0 Å². The summed E-state index contributed by atoms with van der Waals surface area (Å²) in [5, 5.41) is 1.12. The molecular formula is C11H17Br. The molecule has 1 fully saturated rings. The second kappa shape index (κ2) is 4.86. The SMILES string of the molecule is C=CC1CC(C=C)C(CCBr)C1. The fraction of sp³-hybridized carbons (Fsp3) is 0.636. The van der Waals surface area contributed by atoms with Gasteiger partial charge in [0.2, 0.25) is 0 Å². The molecule has 1 aliphatic rings. The highest BCUT2D eigenvalue weighted by Gasteiger charge is 2.29. The molecule has 1 rings (SSSR count). The Balaban J connectivity index is 2.49. The highest BCUT2D eigenvalue weighted by Crippen LogP contribution is 2.39. The third-order valence-electron chi connectivity index (χ3n) is 2.90. The predicted octanol–water partition coefficient (Wildman–Crippen LogP) is 3.79. The average Bonchev–Trinajstić information content (AvgIpc) is 2.48. The van der Waals surface area contributed by atoms with E-state index in [2.05, 4.69) is 41.2 Å². The van der Waals surface area contributed by atoms with E-state index in [1.54, 1.807) is 0 Å². The number of allylic oxidation sites excluding steroid dienone is 2. The summed E-state index contributed by atoms with van der Waals surface area (Å²) in [5.41, 5.74) is 0. The van der Waals surface area contributed by atoms with Gasteiger partial charge in [0.05, 0.1) is 0 Å². The van der Waals surface area contributed by atoms with Crippen molar-refractivity contribution in [3.63, 3.8) is 0 Å². The van der Waals surface area contributed by atoms with Crippen molar-refractivity contribution >= 4 is 15.9 Å². The number of hydrogen-bond acceptors (Lipinski definition) is 0. The summed E-state index contributed by atoms with van der Waals surface area (Å²) in [6, 6.07) is 0. The van der Waals surface area contributed by atoms with Gasteiger partial charge in [-0.2, -0.15) is 0 Å². The van der Waals surface area contributed by atoms with Crippen LogP contribution in [-0.4, -0.2) is 5.33 Å². The van der Waals surface area contributed by atoms with Crippen molar-refractivity contribution in [2.75, 3.05) is 5.33 Å². The molecule has 0 N–H and O–H groups in total. The molecule has 0 aromatic heterocycles. The molecule has 0 amide bonds. The van der Waals surface area contributed by atoms with Crippen LogP contribution in [0.15, 0.2) is 25.3 Å². The van der Waals surface area contributed by atoms with Gasteiger partial charge in [0.1, 0.15) is 0 Å². The lowest BCUT2D eigenvalue weighted by atomic mass is 9.94. The first kappa shape index (κ1) is 10.0. The normalized spacial score (nSPS) is 34.9. The molecule has 1 aliphatic carbocycles. The molecule has 0 bridgehead atoms. The molecule has 68 valence electrons. The Kier molecular flexibility index (Phi) is 4.07. The minimum atomic E-state index is 0.727. The fourth-order valence-electron chi connectivity index (χ4n) is 2.16. The van der Waals surface area contributed by atoms with Crippen LogP contribution < -0.4 is 0 Å². The van der Waals surface area contributed by atoms with Gasteiger partial charge in [-0.05, 0) is 37.0 Å². The van der Waals surface area contributed by atoms with Gasteiger partial charge in [-0.1, -0.05) is 28.1 Å². The van der Waals surface area contributed by atoms with Crippen molar-refractivity contribution in [1.29, 1.82) is 0 Å². The smallest absolute Gasteiger partial charge is 0.00341 e. The second-order valence-corrected chi connectivity index (χ2v) is 4.40. The number of halogens is 1. The Morgan fingerprint density at radius 3 is 2.50 bits per heavy atom. The van der Waals surface area contributed by atoms with Gasteiger partial charge in [-0.25, -0.2) is 0 Å². The van der Waals surface area contributed by atoms with Crippen LogP contribution in [0.2, 0.25) is 0 Å². The van der Waals surface area contributed by atoms with E-state index < -0.39 is 0 Å².